The summed E-state index contributed by atoms with van der Waals surface area (Å²) in [4.78, 5) is 23.0. The number of hydrogen-bond acceptors (Lipinski definition) is 6. The van der Waals surface area contributed by atoms with Crippen LogP contribution in [0.4, 0.5) is 5.69 Å². The van der Waals surface area contributed by atoms with E-state index in [-0.39, 0.29) is 11.3 Å². The molecule has 0 spiro atoms. The molecule has 0 fully saturated rings. The minimum absolute atomic E-state index is 0.138. The van der Waals surface area contributed by atoms with Crippen molar-refractivity contribution in [2.45, 2.75) is 6.92 Å². The van der Waals surface area contributed by atoms with Gasteiger partial charge in [-0.15, -0.1) is 0 Å². The molecule has 26 heavy (non-hydrogen) atoms. The quantitative estimate of drug-likeness (QED) is 0.428. The molecule has 0 amide bonds. The number of carbonyl (C=O) groups is 2. The smallest absolute Gasteiger partial charge is 0.341 e. The average Bonchev–Trinajstić information content (AvgIpc) is 2.60. The first-order chi connectivity index (χ1) is 12.4. The first-order valence-electron chi connectivity index (χ1n) is 7.63. The lowest BCUT2D eigenvalue weighted by Gasteiger charge is -2.12. The lowest BCUT2D eigenvalue weighted by Crippen LogP contribution is -2.13. The van der Waals surface area contributed by atoms with Crippen molar-refractivity contribution in [3.8, 4) is 11.5 Å². The van der Waals surface area contributed by atoms with E-state index in [4.69, 9.17) is 37.4 Å². The molecule has 2 aromatic carbocycles. The molecule has 0 aliphatic rings. The summed E-state index contributed by atoms with van der Waals surface area (Å²) in [5.41, 5.74) is 0.793. The van der Waals surface area contributed by atoms with Gasteiger partial charge in [0.15, 0.2) is 0 Å². The third-order valence-corrected chi connectivity index (χ3v) is 3.75. The number of benzene rings is 2. The van der Waals surface area contributed by atoms with Crippen LogP contribution in [0.1, 0.15) is 17.3 Å². The molecule has 6 nitrogen and oxygen atoms in total. The summed E-state index contributed by atoms with van der Waals surface area (Å²) in [5.74, 6) is -0.462. The molecule has 0 unspecified atom stereocenters. The second kappa shape index (κ2) is 9.31. The standard InChI is InChI=1S/C18H17Cl2NO5/c1-11(22)26-16-6-4-13(10-14(16)18(23)24-2)21-7-8-25-17-5-3-12(19)9-15(17)20/h3-6,9-10,21H,7-8H2,1-2H3. The highest BCUT2D eigenvalue weighted by Gasteiger charge is 2.15. The molecule has 0 saturated heterocycles. The predicted molar refractivity (Wildman–Crippen MR) is 99.5 cm³/mol. The molecule has 2 rings (SSSR count). The van der Waals surface area contributed by atoms with Crippen molar-refractivity contribution in [2.75, 3.05) is 25.6 Å². The van der Waals surface area contributed by atoms with Crippen LogP contribution in [0.3, 0.4) is 0 Å². The lowest BCUT2D eigenvalue weighted by molar-refractivity contribution is -0.131. The van der Waals surface area contributed by atoms with E-state index in [0.717, 1.165) is 0 Å². The van der Waals surface area contributed by atoms with Gasteiger partial charge in [-0.05, 0) is 36.4 Å². The van der Waals surface area contributed by atoms with E-state index in [1.165, 1.54) is 20.1 Å². The van der Waals surface area contributed by atoms with Crippen LogP contribution >= 0.6 is 23.2 Å². The van der Waals surface area contributed by atoms with Crippen molar-refractivity contribution in [2.24, 2.45) is 0 Å². The maximum Gasteiger partial charge on any atom is 0.341 e. The summed E-state index contributed by atoms with van der Waals surface area (Å²) in [6.07, 6.45) is 0. The van der Waals surface area contributed by atoms with Crippen LogP contribution in [0.15, 0.2) is 36.4 Å². The molecule has 0 saturated carbocycles. The lowest BCUT2D eigenvalue weighted by atomic mass is 10.1. The highest BCUT2D eigenvalue weighted by Crippen LogP contribution is 2.27. The van der Waals surface area contributed by atoms with Crippen LogP contribution in [0, 0.1) is 0 Å². The summed E-state index contributed by atoms with van der Waals surface area (Å²) >= 11 is 11.9. The van der Waals surface area contributed by atoms with E-state index in [0.29, 0.717) is 34.6 Å². The highest BCUT2D eigenvalue weighted by molar-refractivity contribution is 6.35. The van der Waals surface area contributed by atoms with Crippen LogP contribution in [0.2, 0.25) is 10.0 Å². The number of nitrogens with one attached hydrogen (secondary N) is 1. The zero-order chi connectivity index (χ0) is 19.1. The van der Waals surface area contributed by atoms with E-state index in [9.17, 15) is 9.59 Å². The van der Waals surface area contributed by atoms with Gasteiger partial charge in [0.25, 0.3) is 0 Å². The first kappa shape index (κ1) is 19.9. The molecule has 0 heterocycles. The normalized spacial score (nSPS) is 10.2. The maximum absolute atomic E-state index is 11.9. The Morgan fingerprint density at radius 3 is 2.46 bits per heavy atom. The van der Waals surface area contributed by atoms with Gasteiger partial charge in [-0.3, -0.25) is 4.79 Å². The maximum atomic E-state index is 11.9. The molecule has 2 aromatic rings. The van der Waals surface area contributed by atoms with Gasteiger partial charge in [-0.25, -0.2) is 4.79 Å². The first-order valence-corrected chi connectivity index (χ1v) is 8.39. The molecule has 8 heteroatoms. The fraction of sp³-hybridized carbons (Fsp3) is 0.222. The minimum atomic E-state index is -0.603. The zero-order valence-corrected chi connectivity index (χ0v) is 15.7. The van der Waals surface area contributed by atoms with Gasteiger partial charge in [0.05, 0.1) is 12.1 Å². The average molecular weight is 398 g/mol. The van der Waals surface area contributed by atoms with Crippen molar-refractivity contribution in [1.82, 2.24) is 0 Å². The fourth-order valence-corrected chi connectivity index (χ4v) is 2.56. The number of rotatable bonds is 7. The number of esters is 2. The number of ether oxygens (including phenoxy) is 3. The summed E-state index contributed by atoms with van der Waals surface area (Å²) in [5, 5.41) is 4.06. The Hall–Kier alpha value is -2.44. The van der Waals surface area contributed by atoms with Crippen molar-refractivity contribution in [3.63, 3.8) is 0 Å². The fourth-order valence-electron chi connectivity index (χ4n) is 2.10. The van der Waals surface area contributed by atoms with Crippen LogP contribution in [0.5, 0.6) is 11.5 Å². The van der Waals surface area contributed by atoms with E-state index in [1.54, 1.807) is 30.3 Å². The molecule has 0 radical (unpaired) electrons. The molecule has 138 valence electrons. The largest absolute Gasteiger partial charge is 0.490 e. The molecule has 0 aliphatic heterocycles. The predicted octanol–water partition coefficient (Wildman–Crippen LogP) is 4.20. The zero-order valence-electron chi connectivity index (χ0n) is 14.2. The number of methoxy groups -OCH3 is 1. The summed E-state index contributed by atoms with van der Waals surface area (Å²) < 4.78 is 15.3. The van der Waals surface area contributed by atoms with Crippen LogP contribution in [-0.4, -0.2) is 32.2 Å². The van der Waals surface area contributed by atoms with Gasteiger partial charge in [0.2, 0.25) is 0 Å². The van der Waals surface area contributed by atoms with Gasteiger partial charge in [0, 0.05) is 24.2 Å². The summed E-state index contributed by atoms with van der Waals surface area (Å²) in [6.45, 7) is 2.04. The number of halogens is 2. The van der Waals surface area contributed by atoms with Gasteiger partial charge in [0.1, 0.15) is 23.7 Å². The Bertz CT molecular complexity index is 810. The van der Waals surface area contributed by atoms with Gasteiger partial charge in [-0.1, -0.05) is 23.2 Å². The molecular weight excluding hydrogens is 381 g/mol. The molecular formula is C18H17Cl2NO5. The second-order valence-electron chi connectivity index (χ2n) is 5.15. The Balaban J connectivity index is 1.98. The van der Waals surface area contributed by atoms with E-state index >= 15 is 0 Å². The van der Waals surface area contributed by atoms with Crippen LogP contribution < -0.4 is 14.8 Å². The van der Waals surface area contributed by atoms with Gasteiger partial charge < -0.3 is 19.5 Å². The van der Waals surface area contributed by atoms with Crippen LogP contribution in [0.25, 0.3) is 0 Å². The van der Waals surface area contributed by atoms with E-state index in [1.807, 2.05) is 0 Å². The number of hydrogen-bond donors (Lipinski definition) is 1. The number of anilines is 1. The Morgan fingerprint density at radius 2 is 1.81 bits per heavy atom. The van der Waals surface area contributed by atoms with E-state index < -0.39 is 11.9 Å². The summed E-state index contributed by atoms with van der Waals surface area (Å²) in [7, 11) is 1.25. The Kier molecular flexibility index (Phi) is 7.12. The van der Waals surface area contributed by atoms with Crippen molar-refractivity contribution >= 4 is 40.8 Å². The molecule has 0 aromatic heterocycles. The second-order valence-corrected chi connectivity index (χ2v) is 5.99. The molecule has 1 N–H and O–H groups in total. The molecule has 0 atom stereocenters. The van der Waals surface area contributed by atoms with Gasteiger partial charge >= 0.3 is 11.9 Å². The minimum Gasteiger partial charge on any atom is -0.490 e. The summed E-state index contributed by atoms with van der Waals surface area (Å²) in [6, 6.07) is 9.72. The SMILES string of the molecule is COC(=O)c1cc(NCCOc2ccc(Cl)cc2Cl)ccc1OC(C)=O. The third-order valence-electron chi connectivity index (χ3n) is 3.22. The molecule has 0 bridgehead atoms. The Labute approximate surface area is 160 Å². The topological polar surface area (TPSA) is 73.9 Å². The monoisotopic (exact) mass is 397 g/mol. The molecule has 0 aliphatic carbocycles. The Morgan fingerprint density at radius 1 is 1.08 bits per heavy atom. The van der Waals surface area contributed by atoms with Crippen molar-refractivity contribution in [1.29, 1.82) is 0 Å². The third kappa shape index (κ3) is 5.54. The van der Waals surface area contributed by atoms with Crippen molar-refractivity contribution < 1.29 is 23.8 Å². The highest BCUT2D eigenvalue weighted by atomic mass is 35.5. The van der Waals surface area contributed by atoms with Gasteiger partial charge in [-0.2, -0.15) is 0 Å². The van der Waals surface area contributed by atoms with Crippen molar-refractivity contribution in [3.05, 3.63) is 52.0 Å². The van der Waals surface area contributed by atoms with E-state index in [2.05, 4.69) is 5.32 Å². The number of carbonyl (C=O) groups excluding carboxylic acids is 2. The van der Waals surface area contributed by atoms with Crippen LogP contribution in [-0.2, 0) is 9.53 Å².